The second-order valence-corrected chi connectivity index (χ2v) is 4.28. The fourth-order valence-corrected chi connectivity index (χ4v) is 1.81. The third-order valence-corrected chi connectivity index (χ3v) is 2.97. The number of benzene rings is 2. The van der Waals surface area contributed by atoms with E-state index in [9.17, 15) is 0 Å². The van der Waals surface area contributed by atoms with Crippen LogP contribution in [-0.4, -0.2) is 20.2 Å². The maximum absolute atomic E-state index is 5.86. The molecule has 1 aromatic heterocycles. The van der Waals surface area contributed by atoms with Crippen LogP contribution in [0.1, 0.15) is 5.56 Å². The van der Waals surface area contributed by atoms with Crippen LogP contribution >= 0.6 is 0 Å². The van der Waals surface area contributed by atoms with Gasteiger partial charge in [-0.25, -0.2) is 0 Å². The van der Waals surface area contributed by atoms with Gasteiger partial charge in [-0.3, -0.25) is 0 Å². The molecule has 100 valence electrons. The molecule has 6 heteroatoms. The molecule has 0 amide bonds. The third kappa shape index (κ3) is 2.18. The van der Waals surface area contributed by atoms with Crippen molar-refractivity contribution < 1.29 is 4.74 Å². The molecule has 0 aliphatic heterocycles. The van der Waals surface area contributed by atoms with E-state index in [1.165, 1.54) is 4.68 Å². The molecule has 3 aromatic rings. The van der Waals surface area contributed by atoms with Crippen LogP contribution in [0.15, 0.2) is 48.5 Å². The minimum Gasteiger partial charge on any atom is -0.423 e. The van der Waals surface area contributed by atoms with Crippen LogP contribution in [0.5, 0.6) is 11.8 Å². The van der Waals surface area contributed by atoms with E-state index in [-0.39, 0.29) is 0 Å². The number of nitrogens with zero attached hydrogens (tertiary/aromatic N) is 4. The highest BCUT2D eigenvalue weighted by Gasteiger charge is 2.12. The number of hydrogen-bond donors (Lipinski definition) is 1. The van der Waals surface area contributed by atoms with Crippen molar-refractivity contribution in [1.29, 1.82) is 0 Å². The minimum absolute atomic E-state index is 0.296. The highest BCUT2D eigenvalue weighted by Crippen LogP contribution is 2.27. The molecular weight excluding hydrogens is 254 g/mol. The van der Waals surface area contributed by atoms with E-state index in [1.54, 1.807) is 0 Å². The normalized spacial score (nSPS) is 10.4. The van der Waals surface area contributed by atoms with Gasteiger partial charge in [-0.1, -0.05) is 29.4 Å². The van der Waals surface area contributed by atoms with Gasteiger partial charge in [-0.2, -0.15) is 4.68 Å². The molecule has 2 N–H and O–H groups in total. The lowest BCUT2D eigenvalue weighted by molar-refractivity contribution is 0.424. The summed E-state index contributed by atoms with van der Waals surface area (Å²) >= 11 is 0. The van der Waals surface area contributed by atoms with Crippen molar-refractivity contribution >= 4 is 5.69 Å². The van der Waals surface area contributed by atoms with Gasteiger partial charge in [-0.05, 0) is 41.6 Å². The standard InChI is InChI=1S/C14H13N5O/c1-10-12(15)8-5-9-13(10)20-14-16-17-18-19(14)11-6-3-2-4-7-11/h2-9H,15H2,1H3. The average molecular weight is 267 g/mol. The van der Waals surface area contributed by atoms with E-state index in [2.05, 4.69) is 15.5 Å². The predicted octanol–water partition coefficient (Wildman–Crippen LogP) is 2.35. The van der Waals surface area contributed by atoms with Crippen molar-refractivity contribution in [3.8, 4) is 17.4 Å². The molecule has 0 fully saturated rings. The Balaban J connectivity index is 1.97. The quantitative estimate of drug-likeness (QED) is 0.737. The minimum atomic E-state index is 0.296. The van der Waals surface area contributed by atoms with Gasteiger partial charge >= 0.3 is 6.01 Å². The summed E-state index contributed by atoms with van der Waals surface area (Å²) in [4.78, 5) is 0. The number of hydrogen-bond acceptors (Lipinski definition) is 5. The summed E-state index contributed by atoms with van der Waals surface area (Å²) < 4.78 is 7.29. The molecule has 0 bridgehead atoms. The maximum Gasteiger partial charge on any atom is 0.345 e. The van der Waals surface area contributed by atoms with Crippen molar-refractivity contribution in [3.05, 3.63) is 54.1 Å². The Labute approximate surface area is 115 Å². The first-order valence-corrected chi connectivity index (χ1v) is 6.12. The molecule has 0 radical (unpaired) electrons. The summed E-state index contributed by atoms with van der Waals surface area (Å²) in [6.07, 6.45) is 0. The Bertz CT molecular complexity index is 723. The molecule has 0 aliphatic carbocycles. The summed E-state index contributed by atoms with van der Waals surface area (Å²) in [5.41, 5.74) is 8.21. The lowest BCUT2D eigenvalue weighted by Crippen LogP contribution is -2.01. The molecule has 0 saturated heterocycles. The summed E-state index contributed by atoms with van der Waals surface area (Å²) in [7, 11) is 0. The number of anilines is 1. The van der Waals surface area contributed by atoms with Crippen LogP contribution in [0, 0.1) is 6.92 Å². The molecule has 20 heavy (non-hydrogen) atoms. The topological polar surface area (TPSA) is 78.8 Å². The van der Waals surface area contributed by atoms with Crippen molar-refractivity contribution in [2.75, 3.05) is 5.73 Å². The molecule has 2 aromatic carbocycles. The van der Waals surface area contributed by atoms with Crippen molar-refractivity contribution in [2.24, 2.45) is 0 Å². The lowest BCUT2D eigenvalue weighted by Gasteiger charge is -2.09. The van der Waals surface area contributed by atoms with Gasteiger partial charge in [0.05, 0.1) is 5.69 Å². The Morgan fingerprint density at radius 3 is 2.65 bits per heavy atom. The lowest BCUT2D eigenvalue weighted by atomic mass is 10.2. The number of nitrogens with two attached hydrogens (primary N) is 1. The van der Waals surface area contributed by atoms with E-state index in [1.807, 2.05) is 55.5 Å². The first-order chi connectivity index (χ1) is 9.75. The summed E-state index contributed by atoms with van der Waals surface area (Å²) in [6, 6.07) is 15.3. The Morgan fingerprint density at radius 2 is 1.85 bits per heavy atom. The molecule has 1 heterocycles. The van der Waals surface area contributed by atoms with Crippen molar-refractivity contribution in [3.63, 3.8) is 0 Å². The highest BCUT2D eigenvalue weighted by atomic mass is 16.5. The second-order valence-electron chi connectivity index (χ2n) is 4.28. The molecule has 0 unspecified atom stereocenters. The van der Waals surface area contributed by atoms with E-state index in [0.717, 1.165) is 11.3 Å². The van der Waals surface area contributed by atoms with Crippen molar-refractivity contribution in [1.82, 2.24) is 20.2 Å². The van der Waals surface area contributed by atoms with E-state index >= 15 is 0 Å². The van der Waals surface area contributed by atoms with Gasteiger partial charge in [0.1, 0.15) is 5.75 Å². The molecule has 0 saturated carbocycles. The molecule has 0 aliphatic rings. The first-order valence-electron chi connectivity index (χ1n) is 6.12. The van der Waals surface area contributed by atoms with E-state index in [0.29, 0.717) is 17.4 Å². The monoisotopic (exact) mass is 267 g/mol. The van der Waals surface area contributed by atoms with E-state index in [4.69, 9.17) is 10.5 Å². The number of ether oxygens (including phenoxy) is 1. The van der Waals surface area contributed by atoms with E-state index < -0.39 is 0 Å². The number of rotatable bonds is 3. The zero-order valence-corrected chi connectivity index (χ0v) is 10.9. The number of para-hydroxylation sites is 1. The molecule has 6 nitrogen and oxygen atoms in total. The van der Waals surface area contributed by atoms with Crippen molar-refractivity contribution in [2.45, 2.75) is 6.92 Å². The van der Waals surface area contributed by atoms with Crippen LogP contribution in [0.25, 0.3) is 5.69 Å². The van der Waals surface area contributed by atoms with Crippen LogP contribution in [-0.2, 0) is 0 Å². The average Bonchev–Trinajstić information content (AvgIpc) is 2.93. The van der Waals surface area contributed by atoms with Crippen LogP contribution in [0.3, 0.4) is 0 Å². The number of nitrogen functional groups attached to an aromatic ring is 1. The smallest absolute Gasteiger partial charge is 0.345 e. The van der Waals surface area contributed by atoms with Gasteiger partial charge in [0.15, 0.2) is 0 Å². The first kappa shape index (κ1) is 12.2. The Morgan fingerprint density at radius 1 is 1.05 bits per heavy atom. The number of aromatic nitrogens is 4. The van der Waals surface area contributed by atoms with Gasteiger partial charge in [0.25, 0.3) is 0 Å². The number of tetrazole rings is 1. The fraction of sp³-hybridized carbons (Fsp3) is 0.0714. The van der Waals surface area contributed by atoms with Crippen LogP contribution in [0.4, 0.5) is 5.69 Å². The largest absolute Gasteiger partial charge is 0.423 e. The Kier molecular flexibility index (Phi) is 3.04. The second kappa shape index (κ2) is 5.00. The summed E-state index contributed by atoms with van der Waals surface area (Å²) in [6.45, 7) is 1.89. The third-order valence-electron chi connectivity index (χ3n) is 2.97. The predicted molar refractivity (Wildman–Crippen MR) is 74.8 cm³/mol. The zero-order valence-electron chi connectivity index (χ0n) is 10.9. The summed E-state index contributed by atoms with van der Waals surface area (Å²) in [5, 5.41) is 11.5. The fourth-order valence-electron chi connectivity index (χ4n) is 1.81. The van der Waals surface area contributed by atoms with Crippen LogP contribution < -0.4 is 10.5 Å². The molecule has 3 rings (SSSR count). The van der Waals surface area contributed by atoms with Gasteiger partial charge < -0.3 is 10.5 Å². The van der Waals surface area contributed by atoms with Gasteiger partial charge in [-0.15, -0.1) is 0 Å². The van der Waals surface area contributed by atoms with Gasteiger partial charge in [0.2, 0.25) is 0 Å². The zero-order chi connectivity index (χ0) is 13.9. The SMILES string of the molecule is Cc1c(N)cccc1Oc1nnnn1-c1ccccc1. The highest BCUT2D eigenvalue weighted by molar-refractivity contribution is 5.53. The molecule has 0 spiro atoms. The molecular formula is C14H13N5O. The Hall–Kier alpha value is -2.89. The van der Waals surface area contributed by atoms with Gasteiger partial charge in [0, 0.05) is 11.3 Å². The summed E-state index contributed by atoms with van der Waals surface area (Å²) in [5.74, 6) is 0.636. The van der Waals surface area contributed by atoms with Crippen LogP contribution in [0.2, 0.25) is 0 Å². The molecule has 0 atom stereocenters. The maximum atomic E-state index is 5.86.